The summed E-state index contributed by atoms with van der Waals surface area (Å²) in [6, 6.07) is 0. The zero-order valence-corrected chi connectivity index (χ0v) is 11.9. The average molecular weight is 275 g/mol. The number of nitrogens with zero attached hydrogens (tertiary/aromatic N) is 3. The Morgan fingerprint density at radius 1 is 1.25 bits per heavy atom. The van der Waals surface area contributed by atoms with E-state index >= 15 is 0 Å². The van der Waals surface area contributed by atoms with Gasteiger partial charge in [0.15, 0.2) is 0 Å². The van der Waals surface area contributed by atoms with Crippen LogP contribution in [0.4, 0.5) is 5.82 Å². The molecule has 0 bridgehead atoms. The molecule has 0 aromatic carbocycles. The summed E-state index contributed by atoms with van der Waals surface area (Å²) in [6.45, 7) is 5.94. The van der Waals surface area contributed by atoms with Gasteiger partial charge in [-0.05, 0) is 20.8 Å². The van der Waals surface area contributed by atoms with Crippen LogP contribution in [0.5, 0.6) is 0 Å². The first-order chi connectivity index (χ1) is 9.38. The van der Waals surface area contributed by atoms with Crippen molar-refractivity contribution in [3.05, 3.63) is 49.7 Å². The number of nitrogens with one attached hydrogen (secondary N) is 2. The van der Waals surface area contributed by atoms with Gasteiger partial charge in [-0.2, -0.15) is 0 Å². The fraction of sp³-hybridized carbons (Fsp3) is 0.385. The predicted molar refractivity (Wildman–Crippen MR) is 75.9 cm³/mol. The first kappa shape index (κ1) is 14.0. The molecule has 0 aliphatic heterocycles. The number of hydrogen-bond acceptors (Lipinski definition) is 5. The van der Waals surface area contributed by atoms with Crippen LogP contribution in [-0.4, -0.2) is 19.5 Å². The number of aromatic amines is 1. The molecular formula is C13H17N5O2. The molecule has 0 unspecified atom stereocenters. The van der Waals surface area contributed by atoms with Crippen molar-refractivity contribution in [3.8, 4) is 0 Å². The molecule has 0 spiro atoms. The van der Waals surface area contributed by atoms with Crippen molar-refractivity contribution in [2.45, 2.75) is 27.3 Å². The first-order valence-electron chi connectivity index (χ1n) is 6.23. The monoisotopic (exact) mass is 275 g/mol. The Balaban J connectivity index is 2.28. The maximum absolute atomic E-state index is 11.7. The molecule has 0 saturated heterocycles. The topological polar surface area (TPSA) is 92.7 Å². The molecule has 7 nitrogen and oxygen atoms in total. The van der Waals surface area contributed by atoms with Gasteiger partial charge in [0, 0.05) is 31.0 Å². The Labute approximate surface area is 115 Å². The molecule has 0 radical (unpaired) electrons. The van der Waals surface area contributed by atoms with Crippen LogP contribution in [0, 0.1) is 20.8 Å². The minimum atomic E-state index is -0.427. The number of rotatable bonds is 3. The Morgan fingerprint density at radius 3 is 2.65 bits per heavy atom. The minimum absolute atomic E-state index is 0.292. The van der Waals surface area contributed by atoms with Crippen LogP contribution >= 0.6 is 0 Å². The third-order valence-corrected chi connectivity index (χ3v) is 3.13. The predicted octanol–water partition coefficient (Wildman–Crippen LogP) is 0.401. The molecule has 0 aliphatic rings. The molecule has 106 valence electrons. The third kappa shape index (κ3) is 2.76. The molecule has 7 heteroatoms. The average Bonchev–Trinajstić information content (AvgIpc) is 2.37. The van der Waals surface area contributed by atoms with Gasteiger partial charge in [-0.15, -0.1) is 0 Å². The second-order valence-electron chi connectivity index (χ2n) is 4.71. The van der Waals surface area contributed by atoms with Gasteiger partial charge < -0.3 is 9.88 Å². The zero-order chi connectivity index (χ0) is 14.9. The van der Waals surface area contributed by atoms with Crippen molar-refractivity contribution in [2.24, 2.45) is 7.05 Å². The van der Waals surface area contributed by atoms with Gasteiger partial charge >= 0.3 is 5.69 Å². The molecule has 0 atom stereocenters. The molecule has 0 amide bonds. The van der Waals surface area contributed by atoms with E-state index in [9.17, 15) is 9.59 Å². The smallest absolute Gasteiger partial charge is 0.328 e. The van der Waals surface area contributed by atoms with E-state index in [1.807, 2.05) is 20.8 Å². The lowest BCUT2D eigenvalue weighted by molar-refractivity contribution is 0.778. The van der Waals surface area contributed by atoms with E-state index in [4.69, 9.17) is 0 Å². The fourth-order valence-corrected chi connectivity index (χ4v) is 1.86. The largest absolute Gasteiger partial charge is 0.365 e. The van der Waals surface area contributed by atoms with Crippen LogP contribution in [-0.2, 0) is 13.6 Å². The highest BCUT2D eigenvalue weighted by atomic mass is 16.2. The number of aryl methyl sites for hydroxylation is 3. The molecule has 2 rings (SSSR count). The van der Waals surface area contributed by atoms with Crippen molar-refractivity contribution >= 4 is 5.82 Å². The van der Waals surface area contributed by atoms with Gasteiger partial charge in [0.05, 0.1) is 5.56 Å². The van der Waals surface area contributed by atoms with E-state index in [0.717, 1.165) is 11.3 Å². The van der Waals surface area contributed by atoms with Crippen LogP contribution in [0.3, 0.4) is 0 Å². The molecule has 2 heterocycles. The molecule has 0 saturated carbocycles. The summed E-state index contributed by atoms with van der Waals surface area (Å²) in [4.78, 5) is 33.8. The molecule has 2 aromatic rings. The molecule has 2 aromatic heterocycles. The Bertz CT molecular complexity index is 760. The number of hydrogen-bond donors (Lipinski definition) is 2. The quantitative estimate of drug-likeness (QED) is 0.846. The minimum Gasteiger partial charge on any atom is -0.365 e. The summed E-state index contributed by atoms with van der Waals surface area (Å²) in [5.41, 5.74) is 1.50. The van der Waals surface area contributed by atoms with Crippen molar-refractivity contribution in [1.82, 2.24) is 19.5 Å². The zero-order valence-electron chi connectivity index (χ0n) is 11.9. The second kappa shape index (κ2) is 5.28. The Kier molecular flexibility index (Phi) is 3.69. The van der Waals surface area contributed by atoms with Gasteiger partial charge in [-0.1, -0.05) is 0 Å². The van der Waals surface area contributed by atoms with Crippen LogP contribution in [0.1, 0.15) is 22.6 Å². The number of H-pyrrole nitrogens is 1. The standard InChI is InChI=1S/C13H17N5O2/c1-7-8(2)15-9(3)16-11(7)14-5-10-6-18(4)13(20)17-12(10)19/h6H,5H2,1-4H3,(H,14,15,16)(H,17,19,20). The van der Waals surface area contributed by atoms with Gasteiger partial charge in [0.1, 0.15) is 11.6 Å². The van der Waals surface area contributed by atoms with Crippen molar-refractivity contribution in [3.63, 3.8) is 0 Å². The highest BCUT2D eigenvalue weighted by Gasteiger charge is 2.07. The maximum Gasteiger partial charge on any atom is 0.328 e. The number of aromatic nitrogens is 4. The molecule has 2 N–H and O–H groups in total. The van der Waals surface area contributed by atoms with E-state index in [1.165, 1.54) is 10.8 Å². The highest BCUT2D eigenvalue weighted by Crippen LogP contribution is 2.14. The summed E-state index contributed by atoms with van der Waals surface area (Å²) in [5.74, 6) is 1.37. The van der Waals surface area contributed by atoms with Crippen LogP contribution in [0.15, 0.2) is 15.8 Å². The van der Waals surface area contributed by atoms with E-state index in [2.05, 4.69) is 20.3 Å². The molecule has 0 aliphatic carbocycles. The van der Waals surface area contributed by atoms with E-state index in [1.54, 1.807) is 7.05 Å². The SMILES string of the molecule is Cc1nc(C)c(C)c(NCc2cn(C)c(=O)[nH]c2=O)n1. The Hall–Kier alpha value is -2.44. The highest BCUT2D eigenvalue weighted by molar-refractivity contribution is 5.45. The van der Waals surface area contributed by atoms with E-state index < -0.39 is 5.69 Å². The van der Waals surface area contributed by atoms with Crippen molar-refractivity contribution < 1.29 is 0 Å². The molecular weight excluding hydrogens is 258 g/mol. The van der Waals surface area contributed by atoms with Gasteiger partial charge in [0.25, 0.3) is 5.56 Å². The van der Waals surface area contributed by atoms with Crippen LogP contribution < -0.4 is 16.6 Å². The molecule has 0 fully saturated rings. The van der Waals surface area contributed by atoms with Crippen molar-refractivity contribution in [1.29, 1.82) is 0 Å². The third-order valence-electron chi connectivity index (χ3n) is 3.13. The van der Waals surface area contributed by atoms with Gasteiger partial charge in [0.2, 0.25) is 0 Å². The second-order valence-corrected chi connectivity index (χ2v) is 4.71. The lowest BCUT2D eigenvalue weighted by atomic mass is 10.2. The number of anilines is 1. The van der Waals surface area contributed by atoms with E-state index in [-0.39, 0.29) is 5.56 Å². The first-order valence-corrected chi connectivity index (χ1v) is 6.23. The lowest BCUT2D eigenvalue weighted by Gasteiger charge is -2.11. The Morgan fingerprint density at radius 2 is 1.95 bits per heavy atom. The fourth-order valence-electron chi connectivity index (χ4n) is 1.86. The van der Waals surface area contributed by atoms with Gasteiger partial charge in [-0.3, -0.25) is 9.78 Å². The van der Waals surface area contributed by atoms with Crippen LogP contribution in [0.2, 0.25) is 0 Å². The lowest BCUT2D eigenvalue weighted by Crippen LogP contribution is -2.31. The van der Waals surface area contributed by atoms with Crippen LogP contribution in [0.25, 0.3) is 0 Å². The summed E-state index contributed by atoms with van der Waals surface area (Å²) >= 11 is 0. The van der Waals surface area contributed by atoms with Gasteiger partial charge in [-0.25, -0.2) is 14.8 Å². The van der Waals surface area contributed by atoms with E-state index in [0.29, 0.717) is 23.8 Å². The summed E-state index contributed by atoms with van der Waals surface area (Å²) in [7, 11) is 1.59. The summed E-state index contributed by atoms with van der Waals surface area (Å²) in [6.07, 6.45) is 1.52. The summed E-state index contributed by atoms with van der Waals surface area (Å²) < 4.78 is 1.34. The van der Waals surface area contributed by atoms with Crippen molar-refractivity contribution in [2.75, 3.05) is 5.32 Å². The maximum atomic E-state index is 11.7. The normalized spacial score (nSPS) is 10.6. The summed E-state index contributed by atoms with van der Waals surface area (Å²) in [5, 5.41) is 3.11. The molecule has 20 heavy (non-hydrogen) atoms.